The van der Waals surface area contributed by atoms with Crippen molar-refractivity contribution in [2.24, 2.45) is 4.99 Å². The lowest BCUT2D eigenvalue weighted by Crippen LogP contribution is -2.38. The van der Waals surface area contributed by atoms with Crippen molar-refractivity contribution in [1.82, 2.24) is 15.6 Å². The number of hydrogen-bond acceptors (Lipinski definition) is 3. The van der Waals surface area contributed by atoms with E-state index in [1.807, 2.05) is 6.92 Å². The van der Waals surface area contributed by atoms with Gasteiger partial charge >= 0.3 is 0 Å². The van der Waals surface area contributed by atoms with Crippen molar-refractivity contribution in [2.75, 3.05) is 13.1 Å². The molecule has 2 N–H and O–H groups in total. The first-order valence-electron chi connectivity index (χ1n) is 7.66. The van der Waals surface area contributed by atoms with E-state index in [0.29, 0.717) is 6.54 Å². The van der Waals surface area contributed by atoms with Crippen molar-refractivity contribution in [3.63, 3.8) is 0 Å². The molecule has 1 heterocycles. The molecule has 0 bridgehead atoms. The van der Waals surface area contributed by atoms with E-state index in [9.17, 15) is 0 Å². The van der Waals surface area contributed by atoms with Crippen molar-refractivity contribution in [2.45, 2.75) is 33.7 Å². The second-order valence-electron chi connectivity index (χ2n) is 5.16. The minimum Gasteiger partial charge on any atom is -0.357 e. The van der Waals surface area contributed by atoms with Gasteiger partial charge in [0.1, 0.15) is 0 Å². The smallest absolute Gasteiger partial charge is 0.191 e. The van der Waals surface area contributed by atoms with Crippen molar-refractivity contribution in [1.29, 1.82) is 0 Å². The van der Waals surface area contributed by atoms with Gasteiger partial charge in [0.05, 0.1) is 17.2 Å². The molecular weight excluding hydrogens is 292 g/mol. The molecule has 0 radical (unpaired) electrons. The normalized spacial score (nSPS) is 11.5. The summed E-state index contributed by atoms with van der Waals surface area (Å²) in [6.07, 6.45) is 0.916. The topological polar surface area (TPSA) is 49.3 Å². The summed E-state index contributed by atoms with van der Waals surface area (Å²) >= 11 is 1.70. The van der Waals surface area contributed by atoms with E-state index < -0.39 is 0 Å². The lowest BCUT2D eigenvalue weighted by atomic mass is 10.1. The average Bonchev–Trinajstić information content (AvgIpc) is 2.92. The highest BCUT2D eigenvalue weighted by molar-refractivity contribution is 7.09. The number of hydrogen-bond donors (Lipinski definition) is 2. The first-order chi connectivity index (χ1) is 10.7. The molecule has 0 atom stereocenters. The molecule has 118 valence electrons. The highest BCUT2D eigenvalue weighted by atomic mass is 32.1. The molecule has 2 rings (SSSR count). The third-order valence-electron chi connectivity index (χ3n) is 3.35. The summed E-state index contributed by atoms with van der Waals surface area (Å²) < 4.78 is 0. The molecular formula is C17H24N4S. The largest absolute Gasteiger partial charge is 0.357 e. The second-order valence-corrected chi connectivity index (χ2v) is 6.22. The Balaban J connectivity index is 1.88. The maximum absolute atomic E-state index is 4.66. The van der Waals surface area contributed by atoms with Gasteiger partial charge in [-0.05, 0) is 31.9 Å². The molecule has 0 aliphatic rings. The molecule has 0 saturated heterocycles. The Hall–Kier alpha value is -1.88. The van der Waals surface area contributed by atoms with Crippen LogP contribution in [0.25, 0.3) is 0 Å². The third-order valence-corrected chi connectivity index (χ3v) is 4.18. The lowest BCUT2D eigenvalue weighted by Gasteiger charge is -2.11. The maximum Gasteiger partial charge on any atom is 0.191 e. The molecule has 0 aliphatic carbocycles. The zero-order chi connectivity index (χ0) is 15.8. The molecule has 4 nitrogen and oxygen atoms in total. The Morgan fingerprint density at radius 1 is 1.23 bits per heavy atom. The van der Waals surface area contributed by atoms with Gasteiger partial charge in [0.15, 0.2) is 5.96 Å². The lowest BCUT2D eigenvalue weighted by molar-refractivity contribution is 0.789. The minimum atomic E-state index is 0.692. The van der Waals surface area contributed by atoms with Gasteiger partial charge in [0.25, 0.3) is 0 Å². The van der Waals surface area contributed by atoms with Gasteiger partial charge in [-0.2, -0.15) is 0 Å². The van der Waals surface area contributed by atoms with Gasteiger partial charge in [-0.1, -0.05) is 24.3 Å². The number of thiazole rings is 1. The highest BCUT2D eigenvalue weighted by Gasteiger charge is 2.01. The molecule has 0 unspecified atom stereocenters. The fourth-order valence-corrected chi connectivity index (χ4v) is 2.77. The number of nitrogens with one attached hydrogen (secondary N) is 2. The molecule has 5 heteroatoms. The summed E-state index contributed by atoms with van der Waals surface area (Å²) in [4.78, 5) is 9.13. The van der Waals surface area contributed by atoms with E-state index in [0.717, 1.165) is 36.2 Å². The Kier molecular flexibility index (Phi) is 6.40. The first-order valence-corrected chi connectivity index (χ1v) is 8.54. The second kappa shape index (κ2) is 8.54. The van der Waals surface area contributed by atoms with Crippen LogP contribution in [-0.4, -0.2) is 24.0 Å². The highest BCUT2D eigenvalue weighted by Crippen LogP contribution is 2.09. The quantitative estimate of drug-likeness (QED) is 0.636. The fourth-order valence-electron chi connectivity index (χ4n) is 2.13. The molecule has 0 fully saturated rings. The molecule has 0 amide bonds. The van der Waals surface area contributed by atoms with Crippen LogP contribution in [0.15, 0.2) is 34.6 Å². The molecule has 1 aromatic carbocycles. The molecule has 0 spiro atoms. The van der Waals surface area contributed by atoms with E-state index in [4.69, 9.17) is 0 Å². The predicted octanol–water partition coefficient (Wildman–Crippen LogP) is 3.06. The summed E-state index contributed by atoms with van der Waals surface area (Å²) in [7, 11) is 0. The van der Waals surface area contributed by atoms with Gasteiger partial charge in [-0.25, -0.2) is 9.98 Å². The van der Waals surface area contributed by atoms with E-state index in [-0.39, 0.29) is 0 Å². The molecule has 0 saturated carbocycles. The van der Waals surface area contributed by atoms with Crippen LogP contribution in [0.4, 0.5) is 0 Å². The van der Waals surface area contributed by atoms with Crippen LogP contribution in [-0.2, 0) is 13.0 Å². The van der Waals surface area contributed by atoms with Crippen molar-refractivity contribution in [3.05, 3.63) is 51.5 Å². The average molecular weight is 316 g/mol. The number of rotatable bonds is 6. The number of aryl methyl sites for hydroxylation is 2. The number of benzene rings is 1. The monoisotopic (exact) mass is 316 g/mol. The van der Waals surface area contributed by atoms with Crippen molar-refractivity contribution >= 4 is 17.3 Å². The summed E-state index contributed by atoms with van der Waals surface area (Å²) in [6, 6.07) is 8.36. The van der Waals surface area contributed by atoms with Crippen LogP contribution in [0, 0.1) is 13.8 Å². The number of guanidine groups is 1. The Bertz CT molecular complexity index is 619. The maximum atomic E-state index is 4.66. The van der Waals surface area contributed by atoms with Gasteiger partial charge in [0.2, 0.25) is 0 Å². The zero-order valence-corrected chi connectivity index (χ0v) is 14.3. The predicted molar refractivity (Wildman–Crippen MR) is 94.6 cm³/mol. The van der Waals surface area contributed by atoms with Gasteiger partial charge < -0.3 is 10.6 Å². The van der Waals surface area contributed by atoms with E-state index >= 15 is 0 Å². The standard InChI is InChI=1S/C17H24N4S/c1-4-18-17(19-10-9-16-12-22-14(3)21-16)20-11-15-8-6-5-7-13(15)2/h5-8,12H,4,9-11H2,1-3H3,(H2,18,19,20). The Labute approximate surface area is 136 Å². The SMILES string of the molecule is CCNC(=NCc1ccccc1C)NCCc1csc(C)n1. The molecule has 2 aromatic rings. The number of nitrogens with zero attached hydrogens (tertiary/aromatic N) is 2. The molecule has 0 aliphatic heterocycles. The zero-order valence-electron chi connectivity index (χ0n) is 13.5. The van der Waals surface area contributed by atoms with E-state index in [1.165, 1.54) is 11.1 Å². The molecule has 22 heavy (non-hydrogen) atoms. The van der Waals surface area contributed by atoms with Crippen LogP contribution < -0.4 is 10.6 Å². The van der Waals surface area contributed by atoms with Crippen molar-refractivity contribution in [3.8, 4) is 0 Å². The first kappa shape index (κ1) is 16.5. The Morgan fingerprint density at radius 3 is 2.73 bits per heavy atom. The van der Waals surface area contributed by atoms with Gasteiger partial charge in [-0.15, -0.1) is 11.3 Å². The van der Waals surface area contributed by atoms with Gasteiger partial charge in [0, 0.05) is 24.9 Å². The number of aromatic nitrogens is 1. The Morgan fingerprint density at radius 2 is 2.05 bits per heavy atom. The van der Waals surface area contributed by atoms with E-state index in [1.54, 1.807) is 11.3 Å². The summed E-state index contributed by atoms with van der Waals surface area (Å²) in [6.45, 7) is 8.62. The summed E-state index contributed by atoms with van der Waals surface area (Å²) in [5.74, 6) is 0.859. The van der Waals surface area contributed by atoms with Crippen LogP contribution >= 0.6 is 11.3 Å². The third kappa shape index (κ3) is 5.15. The summed E-state index contributed by atoms with van der Waals surface area (Å²) in [5, 5.41) is 9.90. The molecule has 1 aromatic heterocycles. The fraction of sp³-hybridized carbons (Fsp3) is 0.412. The van der Waals surface area contributed by atoms with Crippen LogP contribution in [0.5, 0.6) is 0 Å². The van der Waals surface area contributed by atoms with Crippen molar-refractivity contribution < 1.29 is 0 Å². The summed E-state index contributed by atoms with van der Waals surface area (Å²) in [5.41, 5.74) is 3.68. The number of aliphatic imine (C=N–C) groups is 1. The van der Waals surface area contributed by atoms with Crippen LogP contribution in [0.1, 0.15) is 28.8 Å². The van der Waals surface area contributed by atoms with Crippen LogP contribution in [0.2, 0.25) is 0 Å². The van der Waals surface area contributed by atoms with Crippen LogP contribution in [0.3, 0.4) is 0 Å². The van der Waals surface area contributed by atoms with Gasteiger partial charge in [-0.3, -0.25) is 0 Å². The van der Waals surface area contributed by atoms with E-state index in [2.05, 4.69) is 64.1 Å². The minimum absolute atomic E-state index is 0.692.